The second kappa shape index (κ2) is 13.0. The van der Waals surface area contributed by atoms with Crippen LogP contribution in [-0.4, -0.2) is 48.4 Å². The van der Waals surface area contributed by atoms with Gasteiger partial charge in [0, 0.05) is 19.8 Å². The van der Waals surface area contributed by atoms with Gasteiger partial charge in [0.25, 0.3) is 0 Å². The first kappa shape index (κ1) is 23.7. The van der Waals surface area contributed by atoms with E-state index in [2.05, 4.69) is 46.9 Å². The molecular formula is C19H39NO3S. The molecule has 0 radical (unpaired) electrons. The third-order valence-electron chi connectivity index (χ3n) is 3.50. The molecule has 0 rings (SSSR count). The Morgan fingerprint density at radius 1 is 1.00 bits per heavy atom. The minimum atomic E-state index is -0.190. The van der Waals surface area contributed by atoms with E-state index in [1.165, 1.54) is 19.3 Å². The third kappa shape index (κ3) is 16.6. The number of rotatable bonds is 14. The van der Waals surface area contributed by atoms with Gasteiger partial charge in [-0.3, -0.25) is 4.79 Å². The molecule has 0 aliphatic heterocycles. The minimum Gasteiger partial charge on any atom is -0.376 e. The Balaban J connectivity index is 3.57. The van der Waals surface area contributed by atoms with E-state index in [0.29, 0.717) is 25.5 Å². The molecule has 0 unspecified atom stereocenters. The maximum absolute atomic E-state index is 11.7. The van der Waals surface area contributed by atoms with Crippen molar-refractivity contribution in [1.82, 2.24) is 5.32 Å². The molecule has 1 amide bonds. The smallest absolute Gasteiger partial charge is 0.229 e. The number of ether oxygens (including phenoxy) is 2. The summed E-state index contributed by atoms with van der Waals surface area (Å²) in [5.74, 6) is 1.78. The molecule has 1 N–H and O–H groups in total. The van der Waals surface area contributed by atoms with Crippen LogP contribution in [0.25, 0.3) is 0 Å². The second-order valence-corrected chi connectivity index (χ2v) is 8.89. The molecule has 0 aliphatic carbocycles. The molecule has 0 fully saturated rings. The third-order valence-corrected chi connectivity index (χ3v) is 4.54. The lowest BCUT2D eigenvalue weighted by atomic mass is 10.1. The average Bonchev–Trinajstić information content (AvgIpc) is 2.45. The van der Waals surface area contributed by atoms with Gasteiger partial charge in [-0.05, 0) is 59.6 Å². The lowest BCUT2D eigenvalue weighted by Gasteiger charge is -2.28. The Morgan fingerprint density at radius 3 is 2.33 bits per heavy atom. The van der Waals surface area contributed by atoms with Crippen LogP contribution in [0.1, 0.15) is 73.6 Å². The lowest BCUT2D eigenvalue weighted by Crippen LogP contribution is -2.31. The molecule has 0 aromatic carbocycles. The summed E-state index contributed by atoms with van der Waals surface area (Å²) >= 11 is 1.72. The molecule has 0 spiro atoms. The van der Waals surface area contributed by atoms with Crippen LogP contribution in [0.5, 0.6) is 0 Å². The quantitative estimate of drug-likeness (QED) is 0.465. The van der Waals surface area contributed by atoms with Crippen LogP contribution in [0, 0.1) is 0 Å². The molecule has 0 aromatic heterocycles. The zero-order valence-electron chi connectivity index (χ0n) is 16.7. The van der Waals surface area contributed by atoms with E-state index in [4.69, 9.17) is 9.47 Å². The van der Waals surface area contributed by atoms with Crippen LogP contribution in [0.15, 0.2) is 0 Å². The molecule has 4 nitrogen and oxygen atoms in total. The summed E-state index contributed by atoms with van der Waals surface area (Å²) in [7, 11) is 0. The van der Waals surface area contributed by atoms with Gasteiger partial charge < -0.3 is 14.8 Å². The molecule has 0 aliphatic rings. The van der Waals surface area contributed by atoms with Crippen molar-refractivity contribution in [2.45, 2.75) is 84.8 Å². The Morgan fingerprint density at radius 2 is 1.71 bits per heavy atom. The molecule has 144 valence electrons. The van der Waals surface area contributed by atoms with Gasteiger partial charge in [0.2, 0.25) is 5.91 Å². The van der Waals surface area contributed by atoms with Crippen molar-refractivity contribution in [2.75, 3.05) is 31.3 Å². The summed E-state index contributed by atoms with van der Waals surface area (Å²) in [6.07, 6.45) is 5.39. The normalized spacial score (nSPS) is 12.4. The Bertz CT molecular complexity index is 327. The zero-order valence-corrected chi connectivity index (χ0v) is 17.5. The summed E-state index contributed by atoms with van der Waals surface area (Å²) < 4.78 is 11.7. The van der Waals surface area contributed by atoms with Gasteiger partial charge in [0.1, 0.15) is 0 Å². The zero-order chi connectivity index (χ0) is 18.5. The number of nitrogens with one attached hydrogen (secondary N) is 1. The van der Waals surface area contributed by atoms with Crippen molar-refractivity contribution in [1.29, 1.82) is 0 Å². The first-order chi connectivity index (χ1) is 11.2. The highest BCUT2D eigenvalue weighted by Gasteiger charge is 2.20. The van der Waals surface area contributed by atoms with Crippen molar-refractivity contribution < 1.29 is 14.3 Å². The number of thioether (sulfide) groups is 1. The number of unbranched alkanes of at least 4 members (excludes halogenated alkanes) is 2. The number of carbonyl (C=O) groups is 1. The van der Waals surface area contributed by atoms with Gasteiger partial charge in [0.05, 0.1) is 17.0 Å². The van der Waals surface area contributed by atoms with E-state index in [-0.39, 0.29) is 17.1 Å². The molecule has 0 aromatic rings. The summed E-state index contributed by atoms with van der Waals surface area (Å²) in [5, 5.41) is 2.96. The lowest BCUT2D eigenvalue weighted by molar-refractivity contribution is -0.118. The van der Waals surface area contributed by atoms with Crippen LogP contribution in [0.3, 0.4) is 0 Å². The molecule has 5 heteroatoms. The average molecular weight is 362 g/mol. The minimum absolute atomic E-state index is 0.102. The maximum atomic E-state index is 11.7. The van der Waals surface area contributed by atoms with E-state index in [1.807, 2.05) is 0 Å². The van der Waals surface area contributed by atoms with Crippen molar-refractivity contribution in [2.24, 2.45) is 0 Å². The second-order valence-electron chi connectivity index (χ2n) is 7.78. The highest BCUT2D eigenvalue weighted by atomic mass is 32.2. The molecule has 0 atom stereocenters. The first-order valence-corrected chi connectivity index (χ1v) is 10.4. The summed E-state index contributed by atoms with van der Waals surface area (Å²) in [5.41, 5.74) is -0.292. The van der Waals surface area contributed by atoms with Gasteiger partial charge in [0.15, 0.2) is 0 Å². The van der Waals surface area contributed by atoms with E-state index in [1.54, 1.807) is 11.8 Å². The van der Waals surface area contributed by atoms with Crippen LogP contribution >= 0.6 is 11.8 Å². The summed E-state index contributed by atoms with van der Waals surface area (Å²) in [6.45, 7) is 14.6. The van der Waals surface area contributed by atoms with E-state index in [0.717, 1.165) is 18.6 Å². The Kier molecular flexibility index (Phi) is 12.9. The molecular weight excluding hydrogens is 322 g/mol. The van der Waals surface area contributed by atoms with E-state index < -0.39 is 0 Å². The highest BCUT2D eigenvalue weighted by Crippen LogP contribution is 2.17. The predicted molar refractivity (Wildman–Crippen MR) is 105 cm³/mol. The Labute approximate surface area is 153 Å². The monoisotopic (exact) mass is 361 g/mol. The van der Waals surface area contributed by atoms with Crippen molar-refractivity contribution in [3.8, 4) is 0 Å². The fourth-order valence-corrected chi connectivity index (χ4v) is 2.83. The standard InChI is InChI=1S/C19H39NO3S/c1-7-8-9-15-24-16-17(21)20-12-10-13-23-19(5,6)11-14-22-18(2,3)4/h7-16H2,1-6H3,(H,20,21). The molecule has 0 saturated heterocycles. The van der Waals surface area contributed by atoms with Crippen molar-refractivity contribution in [3.63, 3.8) is 0 Å². The number of amides is 1. The molecule has 0 bridgehead atoms. The number of carbonyl (C=O) groups excluding carboxylic acids is 1. The van der Waals surface area contributed by atoms with E-state index in [9.17, 15) is 4.79 Å². The maximum Gasteiger partial charge on any atom is 0.229 e. The van der Waals surface area contributed by atoms with Crippen LogP contribution in [0.4, 0.5) is 0 Å². The Hall–Kier alpha value is -0.260. The van der Waals surface area contributed by atoms with Gasteiger partial charge in [-0.15, -0.1) is 0 Å². The highest BCUT2D eigenvalue weighted by molar-refractivity contribution is 7.99. The largest absolute Gasteiger partial charge is 0.376 e. The SMILES string of the molecule is CCCCCSCC(=O)NCCCOC(C)(C)CCOC(C)(C)C. The van der Waals surface area contributed by atoms with Crippen molar-refractivity contribution >= 4 is 17.7 Å². The predicted octanol–water partition coefficient (Wildman–Crippen LogP) is 4.42. The fourth-order valence-electron chi connectivity index (χ4n) is 1.99. The molecule has 0 saturated carbocycles. The number of hydrogen-bond acceptors (Lipinski definition) is 4. The summed E-state index contributed by atoms with van der Waals surface area (Å²) in [4.78, 5) is 11.7. The van der Waals surface area contributed by atoms with Gasteiger partial charge in [-0.2, -0.15) is 11.8 Å². The van der Waals surface area contributed by atoms with Gasteiger partial charge >= 0.3 is 0 Å². The van der Waals surface area contributed by atoms with Gasteiger partial charge in [-0.25, -0.2) is 0 Å². The molecule has 24 heavy (non-hydrogen) atoms. The topological polar surface area (TPSA) is 47.6 Å². The summed E-state index contributed by atoms with van der Waals surface area (Å²) in [6, 6.07) is 0. The fraction of sp³-hybridized carbons (Fsp3) is 0.947. The van der Waals surface area contributed by atoms with Crippen LogP contribution in [-0.2, 0) is 14.3 Å². The van der Waals surface area contributed by atoms with Crippen molar-refractivity contribution in [3.05, 3.63) is 0 Å². The number of hydrogen-bond donors (Lipinski definition) is 1. The van der Waals surface area contributed by atoms with Crippen LogP contribution < -0.4 is 5.32 Å². The van der Waals surface area contributed by atoms with Gasteiger partial charge in [-0.1, -0.05) is 19.8 Å². The first-order valence-electron chi connectivity index (χ1n) is 9.28. The molecule has 0 heterocycles. The van der Waals surface area contributed by atoms with E-state index >= 15 is 0 Å². The van der Waals surface area contributed by atoms with Crippen LogP contribution in [0.2, 0.25) is 0 Å².